The molecule has 24 heteroatoms. The SMILES string of the molecule is CN(CCCCN(C)C[C@@H](O)CO[C@@H]1[C@@H](O)[C@H](N)C[C@H](N)[C@H]1O[C@H]1O[C@H](CN)[C@@H](O)[C@H](O)[C@H]1N)CC(O)CO[C@@H]1[C@@H](O)[C@H](N)C[C@H](N)[C@H]1O[C@H]1O[C@H](CN)[C@@H](O)[C@H](O)[C@H]1N. The van der Waals surface area contributed by atoms with Gasteiger partial charge in [-0.25, -0.2) is 0 Å². The van der Waals surface area contributed by atoms with Crippen LogP contribution in [0.3, 0.4) is 0 Å². The number of nitrogens with zero attached hydrogens (tertiary/aromatic N) is 2. The molecule has 2 aliphatic heterocycles. The predicted molar refractivity (Wildman–Crippen MR) is 214 cm³/mol. The highest BCUT2D eigenvalue weighted by atomic mass is 16.7. The van der Waals surface area contributed by atoms with Crippen LogP contribution in [-0.2, 0) is 28.4 Å². The van der Waals surface area contributed by atoms with Gasteiger partial charge in [-0.2, -0.15) is 0 Å². The van der Waals surface area contributed by atoms with E-state index in [4.69, 9.17) is 74.3 Å². The maximum absolute atomic E-state index is 10.9. The molecule has 2 saturated carbocycles. The summed E-state index contributed by atoms with van der Waals surface area (Å²) in [6.07, 6.45) is -16.1. The lowest BCUT2D eigenvalue weighted by atomic mass is 9.84. The minimum atomic E-state index is -1.38. The van der Waals surface area contributed by atoms with Gasteiger partial charge in [-0.3, -0.25) is 0 Å². The molecule has 0 radical (unpaired) electrons. The molecule has 2 saturated heterocycles. The van der Waals surface area contributed by atoms with E-state index in [9.17, 15) is 40.9 Å². The number of unbranched alkanes of at least 4 members (excludes halogenated alkanes) is 1. The third-order valence-electron chi connectivity index (χ3n) is 12.0. The zero-order chi connectivity index (χ0) is 44.6. The highest BCUT2D eigenvalue weighted by Gasteiger charge is 2.50. The second-order valence-corrected chi connectivity index (χ2v) is 17.1. The van der Waals surface area contributed by atoms with Gasteiger partial charge in [-0.05, 0) is 52.9 Å². The summed E-state index contributed by atoms with van der Waals surface area (Å²) < 4.78 is 35.5. The summed E-state index contributed by atoms with van der Waals surface area (Å²) in [6, 6.07) is -5.13. The van der Waals surface area contributed by atoms with Gasteiger partial charge in [0.15, 0.2) is 12.6 Å². The molecule has 354 valence electrons. The van der Waals surface area contributed by atoms with E-state index in [-0.39, 0.29) is 52.2 Å². The van der Waals surface area contributed by atoms with E-state index in [1.54, 1.807) is 0 Å². The number of likely N-dealkylation sites (N-methyl/N-ethyl adjacent to an activating group) is 2. The molecule has 24 N–H and O–H groups in total. The van der Waals surface area contributed by atoms with Crippen LogP contribution in [-0.4, -0.2) is 252 Å². The maximum Gasteiger partial charge on any atom is 0.176 e. The molecule has 2 aliphatic carbocycles. The predicted octanol–water partition coefficient (Wildman–Crippen LogP) is -9.80. The fourth-order valence-corrected chi connectivity index (χ4v) is 8.35. The van der Waals surface area contributed by atoms with Gasteiger partial charge in [0.25, 0.3) is 0 Å². The molecule has 24 nitrogen and oxygen atoms in total. The van der Waals surface area contributed by atoms with Gasteiger partial charge in [-0.1, -0.05) is 0 Å². The normalized spacial score (nSPS) is 44.0. The fourth-order valence-electron chi connectivity index (χ4n) is 8.35. The standard InChI is InChI=1S/C36H76N10O14/c1-45(11-15(47)13-55-33-25(49)17(39)7-19(41)31(33)59-35-23(43)29(53)27(51)21(9-37)57-35)5-3-4-6-46(2)12-16(48)14-56-34-26(50)18(40)8-20(42)32(34)60-36-24(44)30(54)28(52)22(10-38)58-36/h15-36,47-54H,3-14,37-44H2,1-2H3/t15-,16?,17-,18-,19+,20+,21-,22-,23-,24-,25+,26+,27-,28-,29-,30-,31-,32-,33-,34-,35-,36-/m1/s1. The van der Waals surface area contributed by atoms with Crippen molar-refractivity contribution in [2.24, 2.45) is 45.9 Å². The first-order valence-corrected chi connectivity index (χ1v) is 20.9. The van der Waals surface area contributed by atoms with Gasteiger partial charge in [0.1, 0.15) is 61.0 Å². The number of hydrogen-bond donors (Lipinski definition) is 16. The molecule has 0 bridgehead atoms. The van der Waals surface area contributed by atoms with E-state index in [1.807, 2.05) is 23.9 Å². The summed E-state index contributed by atoms with van der Waals surface area (Å²) in [7, 11) is 3.70. The van der Waals surface area contributed by atoms with Crippen LogP contribution in [0, 0.1) is 0 Å². The van der Waals surface area contributed by atoms with E-state index in [2.05, 4.69) is 0 Å². The number of nitrogens with two attached hydrogens (primary N) is 8. The summed E-state index contributed by atoms with van der Waals surface area (Å²) >= 11 is 0. The first-order valence-electron chi connectivity index (χ1n) is 20.9. The Labute approximate surface area is 351 Å². The quantitative estimate of drug-likeness (QED) is 0.0476. The molecule has 4 aliphatic rings. The van der Waals surface area contributed by atoms with Crippen LogP contribution >= 0.6 is 0 Å². The summed E-state index contributed by atoms with van der Waals surface area (Å²) in [4.78, 5) is 3.86. The Morgan fingerprint density at radius 3 is 1.22 bits per heavy atom. The van der Waals surface area contributed by atoms with Crippen molar-refractivity contribution < 1.29 is 69.3 Å². The van der Waals surface area contributed by atoms with Gasteiger partial charge in [0.2, 0.25) is 0 Å². The van der Waals surface area contributed by atoms with Crippen molar-refractivity contribution >= 4 is 0 Å². The van der Waals surface area contributed by atoms with Crippen molar-refractivity contribution in [2.45, 2.75) is 160 Å². The first-order chi connectivity index (χ1) is 28.3. The minimum absolute atomic E-state index is 0.103. The van der Waals surface area contributed by atoms with E-state index >= 15 is 0 Å². The Hall–Kier alpha value is -0.960. The molecule has 0 spiro atoms. The van der Waals surface area contributed by atoms with Gasteiger partial charge in [-0.15, -0.1) is 0 Å². The van der Waals surface area contributed by atoms with Gasteiger partial charge in [0.05, 0.1) is 49.7 Å². The second kappa shape index (κ2) is 23.8. The number of aliphatic hydroxyl groups is 8. The minimum Gasteiger partial charge on any atom is -0.389 e. The van der Waals surface area contributed by atoms with Crippen LogP contribution in [0.5, 0.6) is 0 Å². The first kappa shape index (κ1) is 51.7. The topological polar surface area (TPSA) is 432 Å². The largest absolute Gasteiger partial charge is 0.389 e. The lowest BCUT2D eigenvalue weighted by Gasteiger charge is -2.47. The molecule has 22 atom stereocenters. The molecule has 0 amide bonds. The highest BCUT2D eigenvalue weighted by Crippen LogP contribution is 2.30. The molecule has 0 aromatic heterocycles. The zero-order valence-corrected chi connectivity index (χ0v) is 34.7. The Bertz CT molecular complexity index is 1160. The Kier molecular flexibility index (Phi) is 20.5. The summed E-state index contributed by atoms with van der Waals surface area (Å²) in [5.74, 6) is 0. The van der Waals surface area contributed by atoms with Gasteiger partial charge in [0, 0.05) is 50.3 Å². The van der Waals surface area contributed by atoms with Crippen molar-refractivity contribution in [3.8, 4) is 0 Å². The van der Waals surface area contributed by atoms with E-state index in [0.717, 1.165) is 12.8 Å². The Morgan fingerprint density at radius 2 is 0.883 bits per heavy atom. The van der Waals surface area contributed by atoms with Crippen LogP contribution in [0.25, 0.3) is 0 Å². The number of rotatable bonds is 21. The lowest BCUT2D eigenvalue weighted by molar-refractivity contribution is -0.292. The maximum atomic E-state index is 10.9. The molecule has 2 heterocycles. The number of aliphatic hydroxyl groups excluding tert-OH is 8. The van der Waals surface area contributed by atoms with E-state index < -0.39 is 134 Å². The molecule has 60 heavy (non-hydrogen) atoms. The van der Waals surface area contributed by atoms with Crippen molar-refractivity contribution in [1.82, 2.24) is 9.80 Å². The zero-order valence-electron chi connectivity index (χ0n) is 34.7. The number of ether oxygens (including phenoxy) is 6. The van der Waals surface area contributed by atoms with Crippen molar-refractivity contribution in [3.63, 3.8) is 0 Å². The fraction of sp³-hybridized carbons (Fsp3) is 1.00. The highest BCUT2D eigenvalue weighted by molar-refractivity contribution is 5.02. The average Bonchev–Trinajstić information content (AvgIpc) is 3.20. The van der Waals surface area contributed by atoms with Crippen molar-refractivity contribution in [2.75, 3.05) is 66.6 Å². The van der Waals surface area contributed by atoms with Crippen LogP contribution in [0.15, 0.2) is 0 Å². The van der Waals surface area contributed by atoms with E-state index in [1.165, 1.54) is 0 Å². The molecule has 4 rings (SSSR count). The third-order valence-corrected chi connectivity index (χ3v) is 12.0. The van der Waals surface area contributed by atoms with Gasteiger partial charge >= 0.3 is 0 Å². The molecule has 0 aromatic carbocycles. The smallest absolute Gasteiger partial charge is 0.176 e. The second-order valence-electron chi connectivity index (χ2n) is 17.1. The molecular weight excluding hydrogens is 796 g/mol. The van der Waals surface area contributed by atoms with Crippen LogP contribution < -0.4 is 45.9 Å². The molecular formula is C36H76N10O14. The van der Waals surface area contributed by atoms with Crippen molar-refractivity contribution in [1.29, 1.82) is 0 Å². The Balaban J connectivity index is 1.18. The molecule has 1 unspecified atom stereocenters. The van der Waals surface area contributed by atoms with Crippen LogP contribution in [0.4, 0.5) is 0 Å². The average molecular weight is 873 g/mol. The molecule has 4 fully saturated rings. The summed E-state index contributed by atoms with van der Waals surface area (Å²) in [5, 5.41) is 84.8. The summed E-state index contributed by atoms with van der Waals surface area (Å²) in [6.45, 7) is 1.21. The Morgan fingerprint density at radius 1 is 0.533 bits per heavy atom. The van der Waals surface area contributed by atoms with Crippen molar-refractivity contribution in [3.05, 3.63) is 0 Å². The van der Waals surface area contributed by atoms with E-state index in [0.29, 0.717) is 13.1 Å². The lowest BCUT2D eigenvalue weighted by Crippen LogP contribution is -2.68. The monoisotopic (exact) mass is 873 g/mol. The van der Waals surface area contributed by atoms with Crippen LogP contribution in [0.2, 0.25) is 0 Å². The van der Waals surface area contributed by atoms with Gasteiger partial charge < -0.3 is 125 Å². The third kappa shape index (κ3) is 13.3. The number of hydrogen-bond acceptors (Lipinski definition) is 24. The molecule has 0 aromatic rings. The van der Waals surface area contributed by atoms with Crippen LogP contribution in [0.1, 0.15) is 25.7 Å². The summed E-state index contributed by atoms with van der Waals surface area (Å²) in [5.41, 5.74) is 48.5.